The zero-order valence-corrected chi connectivity index (χ0v) is 8.23. The van der Waals surface area contributed by atoms with E-state index in [-0.39, 0.29) is 6.61 Å². The molecule has 1 rings (SSSR count). The normalized spacial score (nSPS) is 10.7. The summed E-state index contributed by atoms with van der Waals surface area (Å²) in [4.78, 5) is 0. The molecule has 0 aliphatic heterocycles. The highest BCUT2D eigenvalue weighted by molar-refractivity contribution is 5.59. The van der Waals surface area contributed by atoms with Crippen LogP contribution in [0.25, 0.3) is 6.08 Å². The monoisotopic (exact) mass is 193 g/mol. The minimum Gasteiger partial charge on any atom is -0.497 e. The first kappa shape index (κ1) is 10.6. The second kappa shape index (κ2) is 5.29. The minimum atomic E-state index is 0.163. The van der Waals surface area contributed by atoms with Gasteiger partial charge in [0.05, 0.1) is 7.11 Å². The van der Waals surface area contributed by atoms with Gasteiger partial charge in [-0.2, -0.15) is 0 Å². The van der Waals surface area contributed by atoms with Crippen LogP contribution in [0.3, 0.4) is 0 Å². The molecule has 3 N–H and O–H groups in total. The van der Waals surface area contributed by atoms with E-state index < -0.39 is 0 Å². The maximum absolute atomic E-state index is 8.60. The van der Waals surface area contributed by atoms with Crippen LogP contribution < -0.4 is 10.5 Å². The summed E-state index contributed by atoms with van der Waals surface area (Å²) in [6, 6.07) is 5.52. The second-order valence-corrected chi connectivity index (χ2v) is 2.95. The highest BCUT2D eigenvalue weighted by atomic mass is 16.5. The van der Waals surface area contributed by atoms with Gasteiger partial charge in [-0.3, -0.25) is 0 Å². The Morgan fingerprint density at radius 3 is 2.86 bits per heavy atom. The van der Waals surface area contributed by atoms with Crippen molar-refractivity contribution in [2.75, 3.05) is 19.5 Å². The molecule has 1 aromatic carbocycles. The number of nitrogen functional groups attached to an aromatic ring is 1. The number of aliphatic hydroxyl groups is 1. The molecule has 76 valence electrons. The summed E-state index contributed by atoms with van der Waals surface area (Å²) in [6.07, 6.45) is 4.46. The first-order chi connectivity index (χ1) is 6.76. The maximum atomic E-state index is 8.60. The van der Waals surface area contributed by atoms with Gasteiger partial charge in [0.15, 0.2) is 0 Å². The molecule has 3 heteroatoms. The van der Waals surface area contributed by atoms with Gasteiger partial charge in [0.25, 0.3) is 0 Å². The van der Waals surface area contributed by atoms with E-state index in [4.69, 9.17) is 15.6 Å². The van der Waals surface area contributed by atoms with Crippen molar-refractivity contribution in [3.05, 3.63) is 29.8 Å². The Labute approximate surface area is 83.8 Å². The Hall–Kier alpha value is -1.48. The first-order valence-corrected chi connectivity index (χ1v) is 4.48. The van der Waals surface area contributed by atoms with Gasteiger partial charge in [0, 0.05) is 18.4 Å². The lowest BCUT2D eigenvalue weighted by Gasteiger charge is -2.02. The lowest BCUT2D eigenvalue weighted by Crippen LogP contribution is -1.89. The topological polar surface area (TPSA) is 55.5 Å². The Bertz CT molecular complexity index is 321. The van der Waals surface area contributed by atoms with E-state index >= 15 is 0 Å². The quantitative estimate of drug-likeness (QED) is 0.715. The smallest absolute Gasteiger partial charge is 0.121 e. The molecule has 0 atom stereocenters. The van der Waals surface area contributed by atoms with E-state index in [2.05, 4.69) is 0 Å². The Morgan fingerprint density at radius 2 is 2.21 bits per heavy atom. The van der Waals surface area contributed by atoms with Crippen molar-refractivity contribution in [3.63, 3.8) is 0 Å². The van der Waals surface area contributed by atoms with Crippen LogP contribution in [0.4, 0.5) is 5.69 Å². The summed E-state index contributed by atoms with van der Waals surface area (Å²) >= 11 is 0. The van der Waals surface area contributed by atoms with Gasteiger partial charge in [0.1, 0.15) is 5.75 Å². The van der Waals surface area contributed by atoms with Gasteiger partial charge in [-0.25, -0.2) is 0 Å². The van der Waals surface area contributed by atoms with Gasteiger partial charge >= 0.3 is 0 Å². The number of hydrogen-bond acceptors (Lipinski definition) is 3. The molecule has 3 nitrogen and oxygen atoms in total. The van der Waals surface area contributed by atoms with Crippen LogP contribution in [0, 0.1) is 0 Å². The second-order valence-electron chi connectivity index (χ2n) is 2.95. The largest absolute Gasteiger partial charge is 0.497 e. The molecule has 0 saturated heterocycles. The average Bonchev–Trinajstić information content (AvgIpc) is 2.17. The van der Waals surface area contributed by atoms with Crippen LogP contribution in [0.5, 0.6) is 5.75 Å². The molecule has 0 fully saturated rings. The predicted molar refractivity (Wildman–Crippen MR) is 58.1 cm³/mol. The third kappa shape index (κ3) is 3.11. The van der Waals surface area contributed by atoms with Crippen LogP contribution in [0.1, 0.15) is 12.0 Å². The van der Waals surface area contributed by atoms with Gasteiger partial charge in [-0.05, 0) is 24.1 Å². The third-order valence-electron chi connectivity index (χ3n) is 1.79. The number of methoxy groups -OCH3 is 1. The molecule has 0 saturated carbocycles. The molecule has 0 radical (unpaired) electrons. The fraction of sp³-hybridized carbons (Fsp3) is 0.273. The summed E-state index contributed by atoms with van der Waals surface area (Å²) in [7, 11) is 1.61. The summed E-state index contributed by atoms with van der Waals surface area (Å²) in [5, 5.41) is 8.60. The van der Waals surface area contributed by atoms with Crippen LogP contribution in [-0.4, -0.2) is 18.8 Å². The van der Waals surface area contributed by atoms with E-state index in [1.54, 1.807) is 13.2 Å². The van der Waals surface area contributed by atoms with Crippen molar-refractivity contribution in [1.29, 1.82) is 0 Å². The molecule has 0 bridgehead atoms. The molecule has 0 amide bonds. The predicted octanol–water partition coefficient (Wildman–Crippen LogP) is 1.67. The zero-order chi connectivity index (χ0) is 10.4. The fourth-order valence-electron chi connectivity index (χ4n) is 1.15. The average molecular weight is 193 g/mol. The van der Waals surface area contributed by atoms with E-state index in [1.807, 2.05) is 24.3 Å². The van der Waals surface area contributed by atoms with Gasteiger partial charge in [-0.1, -0.05) is 12.2 Å². The van der Waals surface area contributed by atoms with Crippen molar-refractivity contribution in [2.24, 2.45) is 0 Å². The van der Waals surface area contributed by atoms with Crippen LogP contribution in [0.15, 0.2) is 24.3 Å². The summed E-state index contributed by atoms with van der Waals surface area (Å²) in [5.74, 6) is 0.744. The molecule has 0 aliphatic carbocycles. The van der Waals surface area contributed by atoms with Crippen molar-refractivity contribution < 1.29 is 9.84 Å². The third-order valence-corrected chi connectivity index (χ3v) is 1.79. The standard InChI is InChI=1S/C11H15NO2/c1-14-11-7-9(4-2-3-5-13)6-10(12)8-11/h2,4,6-8,13H,3,5,12H2,1H3. The molecule has 0 unspecified atom stereocenters. The Kier molecular flexibility index (Phi) is 4.01. The fourth-order valence-corrected chi connectivity index (χ4v) is 1.15. The molecule has 14 heavy (non-hydrogen) atoms. The van der Waals surface area contributed by atoms with Crippen molar-refractivity contribution >= 4 is 11.8 Å². The zero-order valence-electron chi connectivity index (χ0n) is 8.23. The molecule has 0 heterocycles. The van der Waals surface area contributed by atoms with Crippen LogP contribution in [0.2, 0.25) is 0 Å². The lowest BCUT2D eigenvalue weighted by atomic mass is 10.1. The van der Waals surface area contributed by atoms with Crippen molar-refractivity contribution in [3.8, 4) is 5.75 Å². The highest BCUT2D eigenvalue weighted by Crippen LogP contribution is 2.19. The van der Waals surface area contributed by atoms with Crippen LogP contribution in [-0.2, 0) is 0 Å². The molecule has 0 aromatic heterocycles. The number of hydrogen-bond donors (Lipinski definition) is 2. The molecular formula is C11H15NO2. The van der Waals surface area contributed by atoms with Crippen molar-refractivity contribution in [2.45, 2.75) is 6.42 Å². The van der Waals surface area contributed by atoms with Gasteiger partial charge < -0.3 is 15.6 Å². The van der Waals surface area contributed by atoms with E-state index in [1.165, 1.54) is 0 Å². The minimum absolute atomic E-state index is 0.163. The van der Waals surface area contributed by atoms with E-state index in [0.29, 0.717) is 12.1 Å². The molecular weight excluding hydrogens is 178 g/mol. The van der Waals surface area contributed by atoms with Crippen LogP contribution >= 0.6 is 0 Å². The highest BCUT2D eigenvalue weighted by Gasteiger charge is 1.95. The number of ether oxygens (including phenoxy) is 1. The summed E-state index contributed by atoms with van der Waals surface area (Å²) in [5.41, 5.74) is 7.33. The van der Waals surface area contributed by atoms with Gasteiger partial charge in [-0.15, -0.1) is 0 Å². The Morgan fingerprint density at radius 1 is 1.43 bits per heavy atom. The molecule has 0 aliphatic rings. The van der Waals surface area contributed by atoms with E-state index in [9.17, 15) is 0 Å². The Balaban J connectivity index is 2.81. The first-order valence-electron chi connectivity index (χ1n) is 4.48. The lowest BCUT2D eigenvalue weighted by molar-refractivity contribution is 0.303. The summed E-state index contributed by atoms with van der Waals surface area (Å²) < 4.78 is 5.08. The summed E-state index contributed by atoms with van der Waals surface area (Å²) in [6.45, 7) is 0.163. The number of nitrogens with two attached hydrogens (primary N) is 1. The van der Waals surface area contributed by atoms with Crippen molar-refractivity contribution in [1.82, 2.24) is 0 Å². The number of anilines is 1. The maximum Gasteiger partial charge on any atom is 0.121 e. The molecule has 1 aromatic rings. The SMILES string of the molecule is COc1cc(N)cc(C=CCCO)c1. The number of aliphatic hydroxyl groups excluding tert-OH is 1. The van der Waals surface area contributed by atoms with Gasteiger partial charge in [0.2, 0.25) is 0 Å². The number of rotatable bonds is 4. The number of benzene rings is 1. The molecule has 0 spiro atoms. The van der Waals surface area contributed by atoms with E-state index in [0.717, 1.165) is 11.3 Å².